The van der Waals surface area contributed by atoms with Crippen LogP contribution in [0.25, 0.3) is 5.57 Å². The van der Waals surface area contributed by atoms with E-state index in [9.17, 15) is 4.79 Å². The summed E-state index contributed by atoms with van der Waals surface area (Å²) in [6.45, 7) is 0.591. The minimum Gasteiger partial charge on any atom is -0.497 e. The number of ether oxygens (including phenoxy) is 1. The highest BCUT2D eigenvalue weighted by atomic mass is 16.5. The maximum Gasteiger partial charge on any atom is 0.220 e. The highest BCUT2D eigenvalue weighted by Gasteiger charge is 2.26. The number of amides is 1. The van der Waals surface area contributed by atoms with E-state index in [0.29, 0.717) is 25.8 Å². The number of carbonyl (C=O) groups excluding carboxylic acids is 1. The normalized spacial score (nSPS) is 12.8. The van der Waals surface area contributed by atoms with Gasteiger partial charge in [0, 0.05) is 31.7 Å². The molecule has 0 fully saturated rings. The van der Waals surface area contributed by atoms with Crippen molar-refractivity contribution in [3.63, 3.8) is 0 Å². The third kappa shape index (κ3) is 7.11. The van der Waals surface area contributed by atoms with Crippen molar-refractivity contribution in [3.05, 3.63) is 149 Å². The molecular weight excluding hydrogens is 546 g/mol. The van der Waals surface area contributed by atoms with Gasteiger partial charge in [-0.2, -0.15) is 0 Å². The summed E-state index contributed by atoms with van der Waals surface area (Å²) in [5, 5.41) is 12.8. The molecule has 1 aliphatic carbocycles. The van der Waals surface area contributed by atoms with E-state index in [-0.39, 0.29) is 11.9 Å². The number of benzene rings is 3. The van der Waals surface area contributed by atoms with Crippen molar-refractivity contribution < 1.29 is 9.53 Å². The SMILES string of the molecule is COc1ccc(Cn2c(CCc3ccccc3)nnc2[C@@H](CC2=CCc3ccccc32)NC(=O)CCc2cccnc2)cc1. The molecule has 7 nitrogen and oxygen atoms in total. The molecule has 44 heavy (non-hydrogen) atoms. The van der Waals surface area contributed by atoms with Crippen LogP contribution in [0, 0.1) is 0 Å². The standard InChI is InChI=1S/C37H37N5O2/c1-44-32-19-13-29(14-20-32)26-42-35(21-15-27-8-3-2-4-9-27)40-41-37(42)34(24-31-18-17-30-11-5-6-12-33(30)31)39-36(43)22-16-28-10-7-23-38-25-28/h2-14,18-20,23,25,34H,15-17,21-22,24,26H2,1H3,(H,39,43)/t34-/m1/s1. The molecule has 0 saturated heterocycles. The number of nitrogens with one attached hydrogen (secondary N) is 1. The molecule has 1 atom stereocenters. The summed E-state index contributed by atoms with van der Waals surface area (Å²) in [5.74, 6) is 2.46. The van der Waals surface area contributed by atoms with Gasteiger partial charge in [-0.05, 0) is 70.9 Å². The van der Waals surface area contributed by atoms with E-state index >= 15 is 0 Å². The predicted molar refractivity (Wildman–Crippen MR) is 172 cm³/mol. The summed E-state index contributed by atoms with van der Waals surface area (Å²) in [7, 11) is 1.67. The number of rotatable bonds is 13. The van der Waals surface area contributed by atoms with Crippen molar-refractivity contribution in [2.45, 2.75) is 51.1 Å². The Morgan fingerprint density at radius 1 is 0.864 bits per heavy atom. The monoisotopic (exact) mass is 583 g/mol. The van der Waals surface area contributed by atoms with Crippen LogP contribution in [-0.4, -0.2) is 32.8 Å². The molecule has 0 spiro atoms. The summed E-state index contributed by atoms with van der Waals surface area (Å²) < 4.78 is 7.58. The first kappa shape index (κ1) is 29.1. The highest BCUT2D eigenvalue weighted by Crippen LogP contribution is 2.34. The number of allylic oxidation sites excluding steroid dienone is 1. The minimum atomic E-state index is -0.343. The van der Waals surface area contributed by atoms with Crippen molar-refractivity contribution >= 4 is 11.5 Å². The molecule has 1 aliphatic rings. The lowest BCUT2D eigenvalue weighted by Crippen LogP contribution is -2.31. The third-order valence-electron chi connectivity index (χ3n) is 8.20. The molecule has 0 aliphatic heterocycles. The predicted octanol–water partition coefficient (Wildman–Crippen LogP) is 6.34. The summed E-state index contributed by atoms with van der Waals surface area (Å²) >= 11 is 0. The van der Waals surface area contributed by atoms with Crippen molar-refractivity contribution in [2.24, 2.45) is 0 Å². The van der Waals surface area contributed by atoms with Crippen LogP contribution < -0.4 is 10.1 Å². The van der Waals surface area contributed by atoms with Crippen LogP contribution in [0.5, 0.6) is 5.75 Å². The van der Waals surface area contributed by atoms with Crippen molar-refractivity contribution in [3.8, 4) is 5.75 Å². The Morgan fingerprint density at radius 3 is 2.45 bits per heavy atom. The van der Waals surface area contributed by atoms with Gasteiger partial charge in [0.1, 0.15) is 11.6 Å². The fourth-order valence-corrected chi connectivity index (χ4v) is 5.82. The average molecular weight is 584 g/mol. The molecule has 5 aromatic rings. The molecule has 222 valence electrons. The first-order chi connectivity index (χ1) is 21.7. The lowest BCUT2D eigenvalue weighted by atomic mass is 9.98. The number of hydrogen-bond donors (Lipinski definition) is 1. The van der Waals surface area contributed by atoms with Gasteiger partial charge < -0.3 is 14.6 Å². The molecule has 1 N–H and O–H groups in total. The zero-order valence-electron chi connectivity index (χ0n) is 25.0. The second-order valence-corrected chi connectivity index (χ2v) is 11.2. The molecule has 0 radical (unpaired) electrons. The van der Waals surface area contributed by atoms with Crippen LogP contribution >= 0.6 is 0 Å². The number of aromatic nitrogens is 4. The second kappa shape index (κ2) is 14.0. The molecule has 6 rings (SSSR count). The van der Waals surface area contributed by atoms with Crippen LogP contribution in [0.2, 0.25) is 0 Å². The van der Waals surface area contributed by atoms with E-state index in [4.69, 9.17) is 14.9 Å². The lowest BCUT2D eigenvalue weighted by Gasteiger charge is -2.21. The van der Waals surface area contributed by atoms with E-state index in [1.165, 1.54) is 22.3 Å². The van der Waals surface area contributed by atoms with Gasteiger partial charge in [-0.1, -0.05) is 78.9 Å². The molecule has 3 aromatic carbocycles. The summed E-state index contributed by atoms with van der Waals surface area (Å²) in [6, 6.07) is 30.6. The Balaban J connectivity index is 1.31. The van der Waals surface area contributed by atoms with Gasteiger partial charge in [0.25, 0.3) is 0 Å². The maximum atomic E-state index is 13.5. The summed E-state index contributed by atoms with van der Waals surface area (Å²) in [5.41, 5.74) is 7.18. The van der Waals surface area contributed by atoms with Gasteiger partial charge in [-0.15, -0.1) is 10.2 Å². The third-order valence-corrected chi connectivity index (χ3v) is 8.20. The highest BCUT2D eigenvalue weighted by molar-refractivity contribution is 5.78. The lowest BCUT2D eigenvalue weighted by molar-refractivity contribution is -0.121. The topological polar surface area (TPSA) is 81.9 Å². The first-order valence-corrected chi connectivity index (χ1v) is 15.2. The Morgan fingerprint density at radius 2 is 1.66 bits per heavy atom. The Kier molecular flexibility index (Phi) is 9.21. The molecular formula is C37H37N5O2. The van der Waals surface area contributed by atoms with Crippen molar-refractivity contribution in [1.82, 2.24) is 25.1 Å². The summed E-state index contributed by atoms with van der Waals surface area (Å²) in [4.78, 5) is 17.7. The molecule has 2 aromatic heterocycles. The Hall–Kier alpha value is -5.04. The number of methoxy groups -OCH3 is 1. The number of hydrogen-bond acceptors (Lipinski definition) is 5. The maximum absolute atomic E-state index is 13.5. The van der Waals surface area contributed by atoms with Crippen LogP contribution in [-0.2, 0) is 37.0 Å². The second-order valence-electron chi connectivity index (χ2n) is 11.2. The van der Waals surface area contributed by atoms with E-state index < -0.39 is 0 Å². The van der Waals surface area contributed by atoms with Crippen LogP contribution in [0.15, 0.2) is 109 Å². The molecule has 0 bridgehead atoms. The number of pyridine rings is 1. The van der Waals surface area contributed by atoms with Gasteiger partial charge >= 0.3 is 0 Å². The average Bonchev–Trinajstić information content (AvgIpc) is 3.67. The molecule has 1 amide bonds. The largest absolute Gasteiger partial charge is 0.497 e. The van der Waals surface area contributed by atoms with E-state index in [1.807, 2.05) is 36.5 Å². The fourth-order valence-electron chi connectivity index (χ4n) is 5.82. The van der Waals surface area contributed by atoms with Gasteiger partial charge in [0.05, 0.1) is 19.7 Å². The number of nitrogens with zero attached hydrogens (tertiary/aromatic N) is 4. The van der Waals surface area contributed by atoms with Gasteiger partial charge in [-0.25, -0.2) is 0 Å². The van der Waals surface area contributed by atoms with Crippen molar-refractivity contribution in [1.29, 1.82) is 0 Å². The number of carbonyl (C=O) groups is 1. The zero-order valence-corrected chi connectivity index (χ0v) is 25.0. The quantitative estimate of drug-likeness (QED) is 0.175. The molecule has 2 heterocycles. The number of aryl methyl sites for hydroxylation is 3. The van der Waals surface area contributed by atoms with Crippen LogP contribution in [0.1, 0.15) is 58.3 Å². The fraction of sp³-hybridized carbons (Fsp3) is 0.243. The molecule has 0 saturated carbocycles. The van der Waals surface area contributed by atoms with Gasteiger partial charge in [0.15, 0.2) is 5.82 Å². The zero-order chi connectivity index (χ0) is 30.1. The minimum absolute atomic E-state index is 0.0180. The van der Waals surface area contributed by atoms with Gasteiger partial charge in [0.2, 0.25) is 5.91 Å². The van der Waals surface area contributed by atoms with Crippen LogP contribution in [0.4, 0.5) is 0 Å². The Labute approximate surface area is 258 Å². The Bertz CT molecular complexity index is 1710. The van der Waals surface area contributed by atoms with E-state index in [0.717, 1.165) is 47.8 Å². The van der Waals surface area contributed by atoms with E-state index in [2.05, 4.69) is 81.6 Å². The first-order valence-electron chi connectivity index (χ1n) is 15.2. The van der Waals surface area contributed by atoms with Crippen LogP contribution in [0.3, 0.4) is 0 Å². The number of fused-ring (bicyclic) bond motifs is 1. The van der Waals surface area contributed by atoms with E-state index in [1.54, 1.807) is 13.3 Å². The van der Waals surface area contributed by atoms with Crippen molar-refractivity contribution in [2.75, 3.05) is 7.11 Å². The molecule has 7 heteroatoms. The summed E-state index contributed by atoms with van der Waals surface area (Å²) in [6.07, 6.45) is 9.95. The smallest absolute Gasteiger partial charge is 0.220 e. The molecule has 0 unspecified atom stereocenters. The van der Waals surface area contributed by atoms with Gasteiger partial charge in [-0.3, -0.25) is 9.78 Å².